The number of aromatic nitrogens is 3. The molecule has 2 bridgehead atoms. The van der Waals surface area contributed by atoms with Gasteiger partial charge in [-0.15, -0.1) is 0 Å². The van der Waals surface area contributed by atoms with Gasteiger partial charge in [-0.3, -0.25) is 9.69 Å². The van der Waals surface area contributed by atoms with E-state index in [9.17, 15) is 9.18 Å². The normalized spacial score (nSPS) is 28.9. The van der Waals surface area contributed by atoms with Crippen LogP contribution < -0.4 is 4.74 Å². The lowest BCUT2D eigenvalue weighted by molar-refractivity contribution is 0.0116. The van der Waals surface area contributed by atoms with Gasteiger partial charge in [-0.05, 0) is 33.0 Å². The molecule has 4 aliphatic heterocycles. The third-order valence-corrected chi connectivity index (χ3v) is 8.63. The predicted octanol–water partition coefficient (Wildman–Crippen LogP) is 3.29. The molecule has 0 radical (unpaired) electrons. The molecular weight excluding hydrogens is 473 g/mol. The van der Waals surface area contributed by atoms with Crippen LogP contribution >= 0.6 is 11.6 Å². The first kappa shape index (κ1) is 21.5. The van der Waals surface area contributed by atoms with Crippen LogP contribution in [-0.4, -0.2) is 67.7 Å². The summed E-state index contributed by atoms with van der Waals surface area (Å²) in [5, 5.41) is 5.25. The molecule has 5 atom stereocenters. The molecule has 4 aliphatic rings. The lowest BCUT2D eigenvalue weighted by Gasteiger charge is -2.38. The van der Waals surface area contributed by atoms with Crippen LogP contribution in [0.15, 0.2) is 18.2 Å². The number of amides is 1. The molecule has 1 unspecified atom stereocenters. The zero-order chi connectivity index (χ0) is 24.2. The Morgan fingerprint density at radius 3 is 2.69 bits per heavy atom. The Morgan fingerprint density at radius 1 is 1.20 bits per heavy atom. The molecule has 0 N–H and O–H groups in total. The molecule has 3 aromatic rings. The van der Waals surface area contributed by atoms with Crippen LogP contribution in [0.1, 0.15) is 45.8 Å². The van der Waals surface area contributed by atoms with Crippen molar-refractivity contribution in [3.63, 3.8) is 0 Å². The van der Waals surface area contributed by atoms with Crippen LogP contribution in [0.4, 0.5) is 4.39 Å². The minimum absolute atomic E-state index is 0.0779. The molecular formula is C25H25ClFN5O3. The van der Waals surface area contributed by atoms with Gasteiger partial charge < -0.3 is 14.4 Å². The lowest BCUT2D eigenvalue weighted by atomic mass is 9.99. The molecule has 6 heterocycles. The topological polar surface area (TPSA) is 75.5 Å². The third-order valence-electron chi connectivity index (χ3n) is 8.09. The van der Waals surface area contributed by atoms with Crippen LogP contribution in [0.2, 0.25) is 5.02 Å². The molecule has 2 aromatic heterocycles. The Balaban J connectivity index is 1.15. The minimum Gasteiger partial charge on any atom is -0.489 e. The third kappa shape index (κ3) is 3.14. The molecule has 0 aliphatic carbocycles. The number of epoxide rings is 1. The van der Waals surface area contributed by atoms with Gasteiger partial charge in [0, 0.05) is 36.6 Å². The second-order valence-electron chi connectivity index (χ2n) is 10.1. The molecule has 8 nitrogen and oxygen atoms in total. The van der Waals surface area contributed by atoms with Crippen molar-refractivity contribution in [2.75, 3.05) is 7.05 Å². The summed E-state index contributed by atoms with van der Waals surface area (Å²) in [7, 11) is 2.13. The molecule has 1 aromatic carbocycles. The molecule has 3 fully saturated rings. The number of likely N-dealkylation sites (N-methyl/N-ethyl adjacent to an activating group) is 1. The predicted molar refractivity (Wildman–Crippen MR) is 125 cm³/mol. The van der Waals surface area contributed by atoms with Crippen molar-refractivity contribution < 1.29 is 18.7 Å². The number of fused-ring (bicyclic) bond motifs is 8. The molecule has 182 valence electrons. The van der Waals surface area contributed by atoms with Crippen molar-refractivity contribution >= 4 is 23.2 Å². The van der Waals surface area contributed by atoms with Crippen molar-refractivity contribution in [3.8, 4) is 5.75 Å². The molecule has 1 amide bonds. The zero-order valence-corrected chi connectivity index (χ0v) is 20.4. The SMILES string of the molecule is Cc1nc2c3c(nn2c(C)c1Cl)CN(C(=O)c1ccc(F)cc1OC1C[C@@H]2[C@H]4O[C@H]4[C@H](C1)N2C)C3. The van der Waals surface area contributed by atoms with Gasteiger partial charge in [-0.1, -0.05) is 11.6 Å². The number of morpholine rings is 1. The number of hydrogen-bond acceptors (Lipinski definition) is 6. The summed E-state index contributed by atoms with van der Waals surface area (Å²) in [4.78, 5) is 22.3. The van der Waals surface area contributed by atoms with Crippen LogP contribution in [0.5, 0.6) is 5.75 Å². The van der Waals surface area contributed by atoms with Crippen molar-refractivity contribution in [1.82, 2.24) is 24.4 Å². The summed E-state index contributed by atoms with van der Waals surface area (Å²) >= 11 is 6.35. The Labute approximate surface area is 206 Å². The molecule has 3 saturated heterocycles. The minimum atomic E-state index is -0.423. The van der Waals surface area contributed by atoms with E-state index < -0.39 is 5.82 Å². The summed E-state index contributed by atoms with van der Waals surface area (Å²) in [6.45, 7) is 4.49. The summed E-state index contributed by atoms with van der Waals surface area (Å²) in [6, 6.07) is 4.79. The number of carbonyl (C=O) groups is 1. The molecule has 0 saturated carbocycles. The van der Waals surface area contributed by atoms with Gasteiger partial charge in [0.1, 0.15) is 29.9 Å². The van der Waals surface area contributed by atoms with Gasteiger partial charge in [-0.25, -0.2) is 13.9 Å². The quantitative estimate of drug-likeness (QED) is 0.517. The van der Waals surface area contributed by atoms with Crippen LogP contribution in [0, 0.1) is 19.7 Å². The van der Waals surface area contributed by atoms with Gasteiger partial charge in [-0.2, -0.15) is 5.10 Å². The second kappa shape index (κ2) is 7.38. The van der Waals surface area contributed by atoms with E-state index in [1.807, 2.05) is 13.8 Å². The smallest absolute Gasteiger partial charge is 0.258 e. The van der Waals surface area contributed by atoms with E-state index in [1.54, 1.807) is 9.42 Å². The number of carbonyl (C=O) groups excluding carboxylic acids is 1. The van der Waals surface area contributed by atoms with Crippen molar-refractivity contribution in [2.45, 2.75) is 70.2 Å². The second-order valence-corrected chi connectivity index (χ2v) is 10.5. The molecule has 10 heteroatoms. The fraction of sp³-hybridized carbons (Fsp3) is 0.480. The number of benzene rings is 1. The monoisotopic (exact) mass is 497 g/mol. The van der Waals surface area contributed by atoms with E-state index in [0.29, 0.717) is 47.2 Å². The maximum Gasteiger partial charge on any atom is 0.258 e. The van der Waals surface area contributed by atoms with Gasteiger partial charge in [0.25, 0.3) is 5.91 Å². The van der Waals surface area contributed by atoms with Crippen molar-refractivity contribution in [1.29, 1.82) is 0 Å². The first-order chi connectivity index (χ1) is 16.8. The van der Waals surface area contributed by atoms with Gasteiger partial charge in [0.2, 0.25) is 0 Å². The van der Waals surface area contributed by atoms with E-state index in [-0.39, 0.29) is 24.2 Å². The number of halogens is 2. The highest BCUT2D eigenvalue weighted by Crippen LogP contribution is 2.48. The first-order valence-electron chi connectivity index (χ1n) is 12.0. The molecule has 7 rings (SSSR count). The molecule has 35 heavy (non-hydrogen) atoms. The maximum absolute atomic E-state index is 14.2. The fourth-order valence-electron chi connectivity index (χ4n) is 6.17. The highest BCUT2D eigenvalue weighted by Gasteiger charge is 2.62. The van der Waals surface area contributed by atoms with E-state index in [0.717, 1.165) is 35.5 Å². The van der Waals surface area contributed by atoms with E-state index in [4.69, 9.17) is 21.1 Å². The lowest BCUT2D eigenvalue weighted by Crippen LogP contribution is -2.48. The van der Waals surface area contributed by atoms with Crippen LogP contribution in [-0.2, 0) is 17.8 Å². The van der Waals surface area contributed by atoms with Crippen LogP contribution in [0.3, 0.4) is 0 Å². The molecule has 0 spiro atoms. The summed E-state index contributed by atoms with van der Waals surface area (Å²) in [5.41, 5.74) is 4.35. The first-order valence-corrected chi connectivity index (χ1v) is 12.3. The Bertz CT molecular complexity index is 1390. The Hall–Kier alpha value is -2.75. The number of rotatable bonds is 3. The van der Waals surface area contributed by atoms with Gasteiger partial charge >= 0.3 is 0 Å². The number of aryl methyl sites for hydroxylation is 2. The summed E-state index contributed by atoms with van der Waals surface area (Å²) < 4.78 is 28.0. The van der Waals surface area contributed by atoms with E-state index >= 15 is 0 Å². The van der Waals surface area contributed by atoms with Crippen molar-refractivity contribution in [3.05, 3.63) is 57.2 Å². The number of piperidine rings is 1. The number of ether oxygens (including phenoxy) is 2. The fourth-order valence-corrected chi connectivity index (χ4v) is 6.30. The van der Waals surface area contributed by atoms with Crippen LogP contribution in [0.25, 0.3) is 5.65 Å². The maximum atomic E-state index is 14.2. The average Bonchev–Trinajstić information content (AvgIpc) is 3.34. The summed E-state index contributed by atoms with van der Waals surface area (Å²) in [6.07, 6.45) is 2.09. The Kier molecular flexibility index (Phi) is 4.54. The summed E-state index contributed by atoms with van der Waals surface area (Å²) in [5.74, 6) is -0.331. The largest absolute Gasteiger partial charge is 0.489 e. The number of nitrogens with zero attached hydrogens (tertiary/aromatic N) is 5. The highest BCUT2D eigenvalue weighted by atomic mass is 35.5. The van der Waals surface area contributed by atoms with Gasteiger partial charge in [0.05, 0.1) is 40.8 Å². The number of hydrogen-bond donors (Lipinski definition) is 0. The van der Waals surface area contributed by atoms with E-state index in [1.165, 1.54) is 18.2 Å². The van der Waals surface area contributed by atoms with E-state index in [2.05, 4.69) is 22.0 Å². The van der Waals surface area contributed by atoms with Gasteiger partial charge in [0.15, 0.2) is 5.65 Å². The Morgan fingerprint density at radius 2 is 1.94 bits per heavy atom. The van der Waals surface area contributed by atoms with Crippen molar-refractivity contribution in [2.24, 2.45) is 0 Å². The average molecular weight is 498 g/mol. The standard InChI is InChI=1S/C25H25ClFN5O3/c1-11-21(26)12(2)32-24(28-11)16-9-31(10-17(16)29-32)25(33)15-5-4-13(27)6-20(15)34-14-7-18-22-23(35-22)19(8-14)30(18)3/h4-6,14,18-19,22-23H,7-10H2,1-3H3/t14?,18-,19+,22-,23+. The highest BCUT2D eigenvalue weighted by molar-refractivity contribution is 6.31. The zero-order valence-electron chi connectivity index (χ0n) is 19.7.